The number of nitrogens with one attached hydrogen (secondary N) is 1. The number of carbonyl (C=O) groups excluding carboxylic acids is 1. The molecule has 1 aromatic carbocycles. The summed E-state index contributed by atoms with van der Waals surface area (Å²) >= 11 is 0. The highest BCUT2D eigenvalue weighted by molar-refractivity contribution is 5.93. The maximum Gasteiger partial charge on any atom is 0.272 e. The molecular formula is C16H19N3O2. The molecule has 2 atom stereocenters. The summed E-state index contributed by atoms with van der Waals surface area (Å²) in [4.78, 5) is 14.4. The molecule has 1 aliphatic rings. The van der Waals surface area contributed by atoms with Crippen molar-refractivity contribution >= 4 is 5.91 Å². The second-order valence-electron chi connectivity index (χ2n) is 5.48. The third-order valence-electron chi connectivity index (χ3n) is 3.75. The van der Waals surface area contributed by atoms with Crippen molar-refractivity contribution in [2.24, 2.45) is 0 Å². The first kappa shape index (κ1) is 13.8. The number of amides is 1. The number of hydrogen-bond donors (Lipinski definition) is 1. The van der Waals surface area contributed by atoms with Crippen LogP contribution in [0, 0.1) is 0 Å². The Labute approximate surface area is 123 Å². The van der Waals surface area contributed by atoms with Crippen molar-refractivity contribution in [1.29, 1.82) is 0 Å². The Balaban J connectivity index is 1.81. The summed E-state index contributed by atoms with van der Waals surface area (Å²) in [6.07, 6.45) is 0.0710. The minimum absolute atomic E-state index is 0.0210. The smallest absolute Gasteiger partial charge is 0.272 e. The molecule has 110 valence electrons. The second-order valence-corrected chi connectivity index (χ2v) is 5.48. The van der Waals surface area contributed by atoms with Gasteiger partial charge in [-0.25, -0.2) is 0 Å². The summed E-state index contributed by atoms with van der Waals surface area (Å²) in [5.74, 6) is -0.0210. The number of H-pyrrole nitrogens is 1. The average molecular weight is 285 g/mol. The van der Waals surface area contributed by atoms with Crippen LogP contribution in [0.25, 0.3) is 11.3 Å². The largest absolute Gasteiger partial charge is 0.375 e. The van der Waals surface area contributed by atoms with Crippen LogP contribution < -0.4 is 0 Å². The Bertz CT molecular complexity index is 623. The number of benzene rings is 1. The third-order valence-corrected chi connectivity index (χ3v) is 3.75. The number of carbonyl (C=O) groups is 1. The van der Waals surface area contributed by atoms with Crippen molar-refractivity contribution in [3.05, 3.63) is 42.1 Å². The zero-order valence-corrected chi connectivity index (χ0v) is 12.2. The first-order valence-electron chi connectivity index (χ1n) is 7.18. The summed E-state index contributed by atoms with van der Waals surface area (Å²) in [5, 5.41) is 7.10. The molecule has 2 aromatic rings. The summed E-state index contributed by atoms with van der Waals surface area (Å²) in [5.41, 5.74) is 2.30. The minimum atomic E-state index is -0.0210. The van der Waals surface area contributed by atoms with Gasteiger partial charge in [-0.15, -0.1) is 0 Å². The van der Waals surface area contributed by atoms with Crippen molar-refractivity contribution in [2.45, 2.75) is 26.0 Å². The predicted molar refractivity (Wildman–Crippen MR) is 79.9 cm³/mol. The van der Waals surface area contributed by atoms with Crippen molar-refractivity contribution in [1.82, 2.24) is 15.1 Å². The molecule has 0 radical (unpaired) electrons. The van der Waals surface area contributed by atoms with E-state index in [9.17, 15) is 4.79 Å². The number of hydrogen-bond acceptors (Lipinski definition) is 3. The van der Waals surface area contributed by atoms with E-state index in [-0.39, 0.29) is 18.1 Å². The van der Waals surface area contributed by atoms with Crippen molar-refractivity contribution in [3.63, 3.8) is 0 Å². The normalized spacial score (nSPS) is 22.3. The average Bonchev–Trinajstić information content (AvgIpc) is 3.00. The minimum Gasteiger partial charge on any atom is -0.375 e. The van der Waals surface area contributed by atoms with Crippen molar-refractivity contribution < 1.29 is 9.53 Å². The Hall–Kier alpha value is -2.14. The molecule has 1 aliphatic heterocycles. The second kappa shape index (κ2) is 5.69. The predicted octanol–water partition coefficient (Wildman–Crippen LogP) is 2.33. The Morgan fingerprint density at radius 2 is 2.10 bits per heavy atom. The van der Waals surface area contributed by atoms with E-state index in [0.29, 0.717) is 18.8 Å². The molecule has 0 aliphatic carbocycles. The van der Waals surface area contributed by atoms with Gasteiger partial charge in [0.2, 0.25) is 0 Å². The van der Waals surface area contributed by atoms with Gasteiger partial charge in [-0.3, -0.25) is 9.89 Å². The van der Waals surface area contributed by atoms with Crippen LogP contribution >= 0.6 is 0 Å². The fourth-order valence-electron chi connectivity index (χ4n) is 2.53. The standard InChI is InChI=1S/C16H19N3O2/c1-11-10-21-12(2)9-19(11)16(20)15-8-14(17-18-15)13-6-4-3-5-7-13/h3-8,11-12H,9-10H2,1-2H3,(H,17,18)/t11-,12+/m1/s1. The number of morpholine rings is 1. The lowest BCUT2D eigenvalue weighted by Gasteiger charge is -2.36. The number of ether oxygens (including phenoxy) is 1. The number of aromatic amines is 1. The van der Waals surface area contributed by atoms with E-state index in [1.54, 1.807) is 0 Å². The lowest BCUT2D eigenvalue weighted by molar-refractivity contribution is -0.0389. The molecule has 0 spiro atoms. The molecule has 21 heavy (non-hydrogen) atoms. The molecule has 5 heteroatoms. The first-order chi connectivity index (χ1) is 10.1. The molecule has 1 fully saturated rings. The Kier molecular flexibility index (Phi) is 3.75. The monoisotopic (exact) mass is 285 g/mol. The van der Waals surface area contributed by atoms with E-state index < -0.39 is 0 Å². The lowest BCUT2D eigenvalue weighted by Crippen LogP contribution is -2.50. The summed E-state index contributed by atoms with van der Waals surface area (Å²) in [6.45, 7) is 5.17. The molecule has 1 N–H and O–H groups in total. The van der Waals surface area contributed by atoms with E-state index in [0.717, 1.165) is 11.3 Å². The molecule has 1 saturated heterocycles. The zero-order valence-electron chi connectivity index (χ0n) is 12.2. The highest BCUT2D eigenvalue weighted by atomic mass is 16.5. The van der Waals surface area contributed by atoms with Crippen LogP contribution in [-0.4, -0.2) is 46.3 Å². The highest BCUT2D eigenvalue weighted by Crippen LogP contribution is 2.19. The van der Waals surface area contributed by atoms with Gasteiger partial charge in [0.25, 0.3) is 5.91 Å². The zero-order chi connectivity index (χ0) is 14.8. The first-order valence-corrected chi connectivity index (χ1v) is 7.18. The Morgan fingerprint density at radius 3 is 2.86 bits per heavy atom. The van der Waals surface area contributed by atoms with Crippen LogP contribution in [0.1, 0.15) is 24.3 Å². The molecule has 1 amide bonds. The van der Waals surface area contributed by atoms with E-state index >= 15 is 0 Å². The van der Waals surface area contributed by atoms with Gasteiger partial charge in [0, 0.05) is 12.1 Å². The Morgan fingerprint density at radius 1 is 1.33 bits per heavy atom. The van der Waals surface area contributed by atoms with E-state index in [2.05, 4.69) is 10.2 Å². The lowest BCUT2D eigenvalue weighted by atomic mass is 10.1. The van der Waals surface area contributed by atoms with Crippen LogP contribution in [0.4, 0.5) is 0 Å². The molecule has 0 bridgehead atoms. The van der Waals surface area contributed by atoms with Crippen LogP contribution in [0.2, 0.25) is 0 Å². The maximum atomic E-state index is 12.6. The quantitative estimate of drug-likeness (QED) is 0.921. The van der Waals surface area contributed by atoms with Crippen molar-refractivity contribution in [3.8, 4) is 11.3 Å². The van der Waals surface area contributed by atoms with Crippen LogP contribution in [-0.2, 0) is 4.74 Å². The number of nitrogens with zero attached hydrogens (tertiary/aromatic N) is 2. The van der Waals surface area contributed by atoms with Gasteiger partial charge in [-0.05, 0) is 19.9 Å². The SMILES string of the molecule is C[C@@H]1CO[C@@H](C)CN1C(=O)c1cc(-c2ccccc2)n[nH]1. The molecule has 1 aromatic heterocycles. The fourth-order valence-corrected chi connectivity index (χ4v) is 2.53. The van der Waals surface area contributed by atoms with E-state index in [4.69, 9.17) is 4.74 Å². The van der Waals surface area contributed by atoms with Gasteiger partial charge >= 0.3 is 0 Å². The van der Waals surface area contributed by atoms with Gasteiger partial charge in [0.1, 0.15) is 5.69 Å². The van der Waals surface area contributed by atoms with Crippen molar-refractivity contribution in [2.75, 3.05) is 13.2 Å². The van der Waals surface area contributed by atoms with Gasteiger partial charge < -0.3 is 9.64 Å². The summed E-state index contributed by atoms with van der Waals surface area (Å²) in [6, 6.07) is 11.7. The number of aromatic nitrogens is 2. The molecule has 0 unspecified atom stereocenters. The van der Waals surface area contributed by atoms with Gasteiger partial charge in [0.05, 0.1) is 24.4 Å². The molecular weight excluding hydrogens is 266 g/mol. The highest BCUT2D eigenvalue weighted by Gasteiger charge is 2.29. The van der Waals surface area contributed by atoms with Gasteiger partial charge in [0.15, 0.2) is 0 Å². The van der Waals surface area contributed by atoms with E-state index in [1.165, 1.54) is 0 Å². The molecule has 5 nitrogen and oxygen atoms in total. The van der Waals surface area contributed by atoms with Crippen LogP contribution in [0.5, 0.6) is 0 Å². The summed E-state index contributed by atoms with van der Waals surface area (Å²) < 4.78 is 5.56. The number of rotatable bonds is 2. The van der Waals surface area contributed by atoms with Gasteiger partial charge in [-0.2, -0.15) is 5.10 Å². The summed E-state index contributed by atoms with van der Waals surface area (Å²) in [7, 11) is 0. The van der Waals surface area contributed by atoms with E-state index in [1.807, 2.05) is 55.1 Å². The molecule has 3 rings (SSSR count). The maximum absolute atomic E-state index is 12.6. The third kappa shape index (κ3) is 2.83. The van der Waals surface area contributed by atoms with Crippen LogP contribution in [0.3, 0.4) is 0 Å². The van der Waals surface area contributed by atoms with Crippen LogP contribution in [0.15, 0.2) is 36.4 Å². The van der Waals surface area contributed by atoms with Gasteiger partial charge in [-0.1, -0.05) is 30.3 Å². The molecule has 2 heterocycles. The fraction of sp³-hybridized carbons (Fsp3) is 0.375. The molecule has 0 saturated carbocycles. The topological polar surface area (TPSA) is 58.2 Å².